The van der Waals surface area contributed by atoms with Crippen molar-refractivity contribution in [3.05, 3.63) is 76.9 Å². The predicted octanol–water partition coefficient (Wildman–Crippen LogP) is 6.38. The maximum absolute atomic E-state index is 10.1. The fourth-order valence-electron chi connectivity index (χ4n) is 4.12. The van der Waals surface area contributed by atoms with Crippen molar-refractivity contribution in [2.45, 2.75) is 19.9 Å². The van der Waals surface area contributed by atoms with E-state index in [0.29, 0.717) is 47.0 Å². The normalized spacial score (nSPS) is 10.8. The fraction of sp³-hybridized carbons (Fsp3) is 0.250. The van der Waals surface area contributed by atoms with Crippen LogP contribution in [-0.2, 0) is 13.0 Å². The summed E-state index contributed by atoms with van der Waals surface area (Å²) in [5.41, 5.74) is 3.83. The summed E-state index contributed by atoms with van der Waals surface area (Å²) in [6.07, 6.45) is 2.75. The van der Waals surface area contributed by atoms with Crippen LogP contribution in [0.2, 0.25) is 5.02 Å². The van der Waals surface area contributed by atoms with E-state index < -0.39 is 0 Å². The maximum Gasteiger partial charge on any atom is 0.173 e. The van der Waals surface area contributed by atoms with Crippen molar-refractivity contribution in [3.63, 3.8) is 0 Å². The Morgan fingerprint density at radius 2 is 1.89 bits per heavy atom. The van der Waals surface area contributed by atoms with E-state index in [1.807, 2.05) is 43.5 Å². The predicted molar refractivity (Wildman–Crippen MR) is 152 cm³/mol. The highest BCUT2D eigenvalue weighted by molar-refractivity contribution is 7.80. The molecule has 194 valence electrons. The van der Waals surface area contributed by atoms with Crippen LogP contribution >= 0.6 is 23.8 Å². The number of anilines is 1. The molecule has 0 spiro atoms. The minimum Gasteiger partial charge on any atom is -0.504 e. The van der Waals surface area contributed by atoms with Gasteiger partial charge in [0.25, 0.3) is 0 Å². The molecule has 0 saturated heterocycles. The van der Waals surface area contributed by atoms with E-state index in [2.05, 4.69) is 15.2 Å². The van der Waals surface area contributed by atoms with Crippen molar-refractivity contribution in [2.75, 3.05) is 32.7 Å². The summed E-state index contributed by atoms with van der Waals surface area (Å²) in [4.78, 5) is 5.40. The van der Waals surface area contributed by atoms with Crippen LogP contribution in [0.1, 0.15) is 18.1 Å². The first kappa shape index (κ1) is 26.4. The lowest BCUT2D eigenvalue weighted by Crippen LogP contribution is -2.36. The molecule has 4 rings (SSSR count). The van der Waals surface area contributed by atoms with E-state index >= 15 is 0 Å². The number of aromatic nitrogens is 1. The number of halogens is 1. The molecule has 0 aliphatic carbocycles. The van der Waals surface area contributed by atoms with Gasteiger partial charge in [0, 0.05) is 35.2 Å². The number of methoxy groups -OCH3 is 2. The topological polar surface area (TPSA) is 79.0 Å². The first-order valence-electron chi connectivity index (χ1n) is 11.9. The molecule has 37 heavy (non-hydrogen) atoms. The number of aromatic amines is 1. The summed E-state index contributed by atoms with van der Waals surface area (Å²) in [7, 11) is 3.27. The SMILES string of the molecule is CCOc1cc(CN(CCc2c[nH]c3ccc(OC)cc23)C(=S)Nc2cc(Cl)ccc2OC)ccc1O. The molecule has 3 N–H and O–H groups in total. The number of benzene rings is 3. The number of phenolic OH excluding ortho intramolecular Hbond substituents is 1. The third-order valence-corrected chi connectivity index (χ3v) is 6.61. The smallest absolute Gasteiger partial charge is 0.173 e. The van der Waals surface area contributed by atoms with Crippen LogP contribution in [0.5, 0.6) is 23.0 Å². The molecular weight excluding hydrogens is 510 g/mol. The molecule has 3 aromatic carbocycles. The Morgan fingerprint density at radius 1 is 1.05 bits per heavy atom. The van der Waals surface area contributed by atoms with Gasteiger partial charge in [-0.1, -0.05) is 17.7 Å². The largest absolute Gasteiger partial charge is 0.504 e. The third kappa shape index (κ3) is 6.39. The lowest BCUT2D eigenvalue weighted by Gasteiger charge is -2.27. The molecule has 0 radical (unpaired) electrons. The Hall–Kier alpha value is -3.62. The summed E-state index contributed by atoms with van der Waals surface area (Å²) in [6.45, 7) is 3.47. The fourth-order valence-corrected chi connectivity index (χ4v) is 4.56. The number of hydrogen-bond donors (Lipinski definition) is 3. The number of hydrogen-bond acceptors (Lipinski definition) is 5. The summed E-state index contributed by atoms with van der Waals surface area (Å²) >= 11 is 12.1. The zero-order valence-corrected chi connectivity index (χ0v) is 22.6. The Labute approximate surface area is 226 Å². The van der Waals surface area contributed by atoms with Crippen LogP contribution in [0.15, 0.2) is 60.8 Å². The lowest BCUT2D eigenvalue weighted by molar-refractivity contribution is 0.317. The Morgan fingerprint density at radius 3 is 2.65 bits per heavy atom. The average molecular weight is 540 g/mol. The maximum atomic E-state index is 10.1. The summed E-state index contributed by atoms with van der Waals surface area (Å²) in [6, 6.07) is 16.7. The first-order valence-corrected chi connectivity index (χ1v) is 12.7. The number of thiocarbonyl (C=S) groups is 1. The highest BCUT2D eigenvalue weighted by atomic mass is 35.5. The van der Waals surface area contributed by atoms with Gasteiger partial charge in [-0.25, -0.2) is 0 Å². The molecule has 7 nitrogen and oxygen atoms in total. The molecule has 1 heterocycles. The van der Waals surface area contributed by atoms with Crippen molar-refractivity contribution in [2.24, 2.45) is 0 Å². The molecule has 0 aliphatic heterocycles. The highest BCUT2D eigenvalue weighted by Gasteiger charge is 2.16. The van der Waals surface area contributed by atoms with Gasteiger partial charge in [0.2, 0.25) is 0 Å². The van der Waals surface area contributed by atoms with Crippen LogP contribution in [0.3, 0.4) is 0 Å². The van der Waals surface area contributed by atoms with Crippen LogP contribution in [0.4, 0.5) is 5.69 Å². The van der Waals surface area contributed by atoms with Crippen molar-refractivity contribution in [3.8, 4) is 23.0 Å². The summed E-state index contributed by atoms with van der Waals surface area (Å²) in [5, 5.41) is 15.6. The Bertz CT molecular complexity index is 1390. The number of phenols is 1. The van der Waals surface area contributed by atoms with Crippen molar-refractivity contribution in [1.29, 1.82) is 0 Å². The van der Waals surface area contributed by atoms with Crippen LogP contribution in [0.25, 0.3) is 10.9 Å². The molecule has 4 aromatic rings. The monoisotopic (exact) mass is 539 g/mol. The van der Waals surface area contributed by atoms with Gasteiger partial charge in [-0.05, 0) is 85.2 Å². The zero-order valence-electron chi connectivity index (χ0n) is 21.0. The molecule has 0 amide bonds. The number of rotatable bonds is 10. The first-order chi connectivity index (χ1) is 17.9. The lowest BCUT2D eigenvalue weighted by atomic mass is 10.1. The van der Waals surface area contributed by atoms with Gasteiger partial charge in [-0.15, -0.1) is 0 Å². The standard InChI is InChI=1S/C28H30ClN3O4S/c1-4-36-27-13-18(5-9-25(27)33)17-32(28(37)31-24-14-20(29)6-10-26(24)35-3)12-11-19-16-30-23-8-7-21(34-2)15-22(19)23/h5-10,13-16,30,33H,4,11-12,17H2,1-3H3,(H,31,37). The second-order valence-electron chi connectivity index (χ2n) is 8.41. The number of nitrogens with one attached hydrogen (secondary N) is 2. The summed E-state index contributed by atoms with van der Waals surface area (Å²) in [5.74, 6) is 2.00. The molecule has 1 aromatic heterocycles. The van der Waals surface area contributed by atoms with E-state index in [1.54, 1.807) is 38.5 Å². The Kier molecular flexibility index (Phi) is 8.63. The van der Waals surface area contributed by atoms with Crippen LogP contribution < -0.4 is 19.5 Å². The zero-order chi connectivity index (χ0) is 26.4. The number of aromatic hydroxyl groups is 1. The quantitative estimate of drug-likeness (QED) is 0.202. The van der Waals surface area contributed by atoms with E-state index in [-0.39, 0.29) is 5.75 Å². The second kappa shape index (κ2) is 12.1. The van der Waals surface area contributed by atoms with Gasteiger partial charge in [-0.2, -0.15) is 0 Å². The van der Waals surface area contributed by atoms with Crippen LogP contribution in [-0.4, -0.2) is 47.5 Å². The highest BCUT2D eigenvalue weighted by Crippen LogP contribution is 2.30. The number of H-pyrrole nitrogens is 1. The minimum absolute atomic E-state index is 0.106. The molecule has 0 unspecified atom stereocenters. The molecule has 0 fully saturated rings. The molecule has 0 atom stereocenters. The van der Waals surface area contributed by atoms with E-state index in [9.17, 15) is 5.11 Å². The third-order valence-electron chi connectivity index (χ3n) is 6.01. The number of nitrogens with zero attached hydrogens (tertiary/aromatic N) is 1. The van der Waals surface area contributed by atoms with Gasteiger partial charge in [0.15, 0.2) is 16.6 Å². The minimum atomic E-state index is 0.106. The van der Waals surface area contributed by atoms with Crippen molar-refractivity contribution >= 4 is 45.5 Å². The van der Waals surface area contributed by atoms with Gasteiger partial charge < -0.3 is 34.5 Å². The number of ether oxygens (including phenoxy) is 3. The van der Waals surface area contributed by atoms with E-state index in [4.69, 9.17) is 38.0 Å². The molecule has 0 saturated carbocycles. The molecular formula is C28H30ClN3O4S. The second-order valence-corrected chi connectivity index (χ2v) is 9.23. The molecule has 0 aliphatic rings. The van der Waals surface area contributed by atoms with Crippen molar-refractivity contribution in [1.82, 2.24) is 9.88 Å². The van der Waals surface area contributed by atoms with E-state index in [0.717, 1.165) is 34.2 Å². The molecule has 0 bridgehead atoms. The van der Waals surface area contributed by atoms with Crippen LogP contribution in [0, 0.1) is 0 Å². The summed E-state index contributed by atoms with van der Waals surface area (Å²) < 4.78 is 16.5. The molecule has 9 heteroatoms. The van der Waals surface area contributed by atoms with Gasteiger partial charge in [-0.3, -0.25) is 0 Å². The van der Waals surface area contributed by atoms with Crippen molar-refractivity contribution < 1.29 is 19.3 Å². The van der Waals surface area contributed by atoms with Gasteiger partial charge in [0.1, 0.15) is 11.5 Å². The number of fused-ring (bicyclic) bond motifs is 1. The van der Waals surface area contributed by atoms with Gasteiger partial charge in [0.05, 0.1) is 26.5 Å². The Balaban J connectivity index is 1.60. The average Bonchev–Trinajstić information content (AvgIpc) is 3.30. The van der Waals surface area contributed by atoms with E-state index in [1.165, 1.54) is 0 Å². The van der Waals surface area contributed by atoms with Gasteiger partial charge >= 0.3 is 0 Å².